The Labute approximate surface area is 136 Å². The van der Waals surface area contributed by atoms with Crippen LogP contribution in [-0.2, 0) is 0 Å². The summed E-state index contributed by atoms with van der Waals surface area (Å²) < 4.78 is 0. The Kier molecular flexibility index (Phi) is 4.18. The molecular weight excluding hydrogens is 296 g/mol. The molecule has 0 atom stereocenters. The number of aromatic nitrogens is 1. The molecule has 1 aromatic carbocycles. The third-order valence-electron chi connectivity index (χ3n) is 4.44. The van der Waals surface area contributed by atoms with Gasteiger partial charge in [-0.2, -0.15) is 0 Å². The van der Waals surface area contributed by atoms with Crippen molar-refractivity contribution in [2.24, 2.45) is 5.92 Å². The summed E-state index contributed by atoms with van der Waals surface area (Å²) in [7, 11) is 0. The Morgan fingerprint density at radius 1 is 1.32 bits per heavy atom. The first-order chi connectivity index (χ1) is 10.4. The van der Waals surface area contributed by atoms with Crippen LogP contribution in [0.15, 0.2) is 30.3 Å². The summed E-state index contributed by atoms with van der Waals surface area (Å²) in [4.78, 5) is 17.7. The van der Waals surface area contributed by atoms with Crippen LogP contribution in [0.5, 0.6) is 0 Å². The van der Waals surface area contributed by atoms with Crippen molar-refractivity contribution in [1.29, 1.82) is 0 Å². The quantitative estimate of drug-likeness (QED) is 0.835. The molecule has 3 nitrogen and oxygen atoms in total. The summed E-state index contributed by atoms with van der Waals surface area (Å²) in [5.41, 5.74) is 1.71. The third-order valence-corrected chi connectivity index (χ3v) is 4.59. The Morgan fingerprint density at radius 2 is 2.00 bits per heavy atom. The number of alkyl halides is 1. The molecule has 1 aromatic heterocycles. The van der Waals surface area contributed by atoms with Crippen LogP contribution in [0, 0.1) is 5.92 Å². The number of nitrogens with one attached hydrogen (secondary N) is 1. The molecule has 1 aliphatic rings. The second-order valence-corrected chi connectivity index (χ2v) is 7.95. The summed E-state index contributed by atoms with van der Waals surface area (Å²) >= 11 is 6.32. The van der Waals surface area contributed by atoms with E-state index in [-0.39, 0.29) is 10.8 Å². The van der Waals surface area contributed by atoms with E-state index in [2.05, 4.69) is 18.8 Å². The minimum absolute atomic E-state index is 0.111. The molecule has 1 fully saturated rings. The van der Waals surface area contributed by atoms with Gasteiger partial charge in [-0.3, -0.25) is 4.79 Å². The Balaban J connectivity index is 1.64. The molecular formula is C18H23ClN2O. The Hall–Kier alpha value is -1.48. The predicted octanol–water partition coefficient (Wildman–Crippen LogP) is 4.43. The number of carbonyl (C=O) groups is 1. The first-order valence-corrected chi connectivity index (χ1v) is 8.36. The van der Waals surface area contributed by atoms with E-state index in [4.69, 9.17) is 11.6 Å². The molecule has 4 heteroatoms. The molecule has 0 unspecified atom stereocenters. The van der Waals surface area contributed by atoms with Crippen LogP contribution in [0.2, 0.25) is 0 Å². The van der Waals surface area contributed by atoms with E-state index in [9.17, 15) is 4.79 Å². The van der Waals surface area contributed by atoms with E-state index in [1.54, 1.807) is 0 Å². The molecule has 3 rings (SSSR count). The number of para-hydroxylation sites is 1. The van der Waals surface area contributed by atoms with Gasteiger partial charge in [-0.05, 0) is 51.2 Å². The normalized spacial score (nSPS) is 17.1. The van der Waals surface area contributed by atoms with Gasteiger partial charge in [-0.15, -0.1) is 11.6 Å². The van der Waals surface area contributed by atoms with Gasteiger partial charge in [0.1, 0.15) is 5.69 Å². The van der Waals surface area contributed by atoms with Gasteiger partial charge in [0.25, 0.3) is 5.91 Å². The number of H-pyrrole nitrogens is 1. The van der Waals surface area contributed by atoms with E-state index in [0.29, 0.717) is 11.6 Å². The third kappa shape index (κ3) is 3.46. The lowest BCUT2D eigenvalue weighted by Gasteiger charge is -2.34. The van der Waals surface area contributed by atoms with Gasteiger partial charge in [0, 0.05) is 28.9 Å². The maximum Gasteiger partial charge on any atom is 0.270 e. The van der Waals surface area contributed by atoms with Gasteiger partial charge in [0.05, 0.1) is 0 Å². The number of benzene rings is 1. The highest BCUT2D eigenvalue weighted by Crippen LogP contribution is 2.30. The number of likely N-dealkylation sites (tertiary alicyclic amines) is 1. The molecule has 0 spiro atoms. The second-order valence-electron chi connectivity index (χ2n) is 6.93. The average Bonchev–Trinajstić information content (AvgIpc) is 2.89. The zero-order valence-electron chi connectivity index (χ0n) is 13.2. The highest BCUT2D eigenvalue weighted by molar-refractivity contribution is 6.23. The molecule has 118 valence electrons. The fourth-order valence-electron chi connectivity index (χ4n) is 3.39. The van der Waals surface area contributed by atoms with E-state index in [0.717, 1.165) is 43.3 Å². The van der Waals surface area contributed by atoms with Gasteiger partial charge in [-0.1, -0.05) is 18.2 Å². The molecule has 1 amide bonds. The highest BCUT2D eigenvalue weighted by atomic mass is 35.5. The minimum atomic E-state index is -0.145. The van der Waals surface area contributed by atoms with Gasteiger partial charge in [-0.25, -0.2) is 0 Å². The maximum atomic E-state index is 12.6. The minimum Gasteiger partial charge on any atom is -0.351 e. The topological polar surface area (TPSA) is 36.1 Å². The maximum absolute atomic E-state index is 12.6. The van der Waals surface area contributed by atoms with Crippen LogP contribution in [0.3, 0.4) is 0 Å². The van der Waals surface area contributed by atoms with Gasteiger partial charge in [0.2, 0.25) is 0 Å². The van der Waals surface area contributed by atoms with Gasteiger partial charge >= 0.3 is 0 Å². The van der Waals surface area contributed by atoms with E-state index >= 15 is 0 Å². The first kappa shape index (κ1) is 15.4. The van der Waals surface area contributed by atoms with E-state index < -0.39 is 0 Å². The zero-order chi connectivity index (χ0) is 15.7. The molecule has 2 heterocycles. The number of piperidine rings is 1. The number of nitrogens with zero attached hydrogens (tertiary/aromatic N) is 1. The largest absolute Gasteiger partial charge is 0.351 e. The molecule has 0 radical (unpaired) electrons. The SMILES string of the molecule is CC(C)(Cl)CC1CCN(C(=O)c2cc3ccccc3[nH]2)CC1. The van der Waals surface area contributed by atoms with Gasteiger partial charge < -0.3 is 9.88 Å². The van der Waals surface area contributed by atoms with Crippen molar-refractivity contribution < 1.29 is 4.79 Å². The van der Waals surface area contributed by atoms with Crippen LogP contribution in [0.4, 0.5) is 0 Å². The Bertz CT molecular complexity index is 630. The van der Waals surface area contributed by atoms with Crippen LogP contribution >= 0.6 is 11.6 Å². The van der Waals surface area contributed by atoms with Gasteiger partial charge in [0.15, 0.2) is 0 Å². The van der Waals surface area contributed by atoms with Crippen LogP contribution in [-0.4, -0.2) is 33.8 Å². The van der Waals surface area contributed by atoms with Crippen molar-refractivity contribution in [2.45, 2.75) is 38.0 Å². The van der Waals surface area contributed by atoms with Crippen molar-refractivity contribution in [3.8, 4) is 0 Å². The molecule has 1 N–H and O–H groups in total. The summed E-state index contributed by atoms with van der Waals surface area (Å²) in [5, 5.41) is 1.09. The number of halogens is 1. The molecule has 0 bridgehead atoms. The van der Waals surface area contributed by atoms with Crippen molar-refractivity contribution in [2.75, 3.05) is 13.1 Å². The summed E-state index contributed by atoms with van der Waals surface area (Å²) in [6.45, 7) is 5.78. The first-order valence-electron chi connectivity index (χ1n) is 7.98. The number of aromatic amines is 1. The van der Waals surface area contributed by atoms with Crippen LogP contribution < -0.4 is 0 Å². The number of hydrogen-bond acceptors (Lipinski definition) is 1. The fraction of sp³-hybridized carbons (Fsp3) is 0.500. The van der Waals surface area contributed by atoms with E-state index in [1.165, 1.54) is 0 Å². The summed E-state index contributed by atoms with van der Waals surface area (Å²) in [6.07, 6.45) is 3.10. The number of fused-ring (bicyclic) bond motifs is 1. The molecule has 22 heavy (non-hydrogen) atoms. The van der Waals surface area contributed by atoms with Crippen molar-refractivity contribution in [3.05, 3.63) is 36.0 Å². The van der Waals surface area contributed by atoms with Crippen LogP contribution in [0.25, 0.3) is 10.9 Å². The lowest BCUT2D eigenvalue weighted by Crippen LogP contribution is -2.39. The van der Waals surface area contributed by atoms with Crippen molar-refractivity contribution in [3.63, 3.8) is 0 Å². The lowest BCUT2D eigenvalue weighted by atomic mass is 9.88. The number of carbonyl (C=O) groups excluding carboxylic acids is 1. The number of rotatable bonds is 3. The average molecular weight is 319 g/mol. The van der Waals surface area contributed by atoms with E-state index in [1.807, 2.05) is 35.2 Å². The Morgan fingerprint density at radius 3 is 2.64 bits per heavy atom. The van der Waals surface area contributed by atoms with Crippen molar-refractivity contribution in [1.82, 2.24) is 9.88 Å². The number of amides is 1. The monoisotopic (exact) mass is 318 g/mol. The molecule has 1 aliphatic heterocycles. The zero-order valence-corrected chi connectivity index (χ0v) is 14.0. The van der Waals surface area contributed by atoms with Crippen molar-refractivity contribution >= 4 is 28.4 Å². The predicted molar refractivity (Wildman–Crippen MR) is 91.5 cm³/mol. The summed E-state index contributed by atoms with van der Waals surface area (Å²) in [6, 6.07) is 9.94. The molecule has 0 saturated carbocycles. The molecule has 0 aliphatic carbocycles. The fourth-order valence-corrected chi connectivity index (χ4v) is 3.60. The molecule has 1 saturated heterocycles. The summed E-state index contributed by atoms with van der Waals surface area (Å²) in [5.74, 6) is 0.735. The smallest absolute Gasteiger partial charge is 0.270 e. The van der Waals surface area contributed by atoms with Crippen LogP contribution in [0.1, 0.15) is 43.6 Å². The highest BCUT2D eigenvalue weighted by Gasteiger charge is 2.27. The lowest BCUT2D eigenvalue weighted by molar-refractivity contribution is 0.0678. The standard InChI is InChI=1S/C18H23ClN2O/c1-18(2,19)12-13-7-9-21(10-8-13)17(22)16-11-14-5-3-4-6-15(14)20-16/h3-6,11,13,20H,7-10,12H2,1-2H3. The number of hydrogen-bond donors (Lipinski definition) is 1. The second kappa shape index (κ2) is 5.96. The molecule has 2 aromatic rings.